The van der Waals surface area contributed by atoms with Gasteiger partial charge in [0.15, 0.2) is 0 Å². The molecule has 0 amide bonds. The molecule has 0 aromatic carbocycles. The molecule has 2 bridgehead atoms. The summed E-state index contributed by atoms with van der Waals surface area (Å²) in [7, 11) is 3.44. The third-order valence-corrected chi connectivity index (χ3v) is 3.81. The first kappa shape index (κ1) is 11.3. The van der Waals surface area contributed by atoms with E-state index in [9.17, 15) is 0 Å². The summed E-state index contributed by atoms with van der Waals surface area (Å²) in [6.45, 7) is 7.09. The maximum atomic E-state index is 6.12. The Labute approximate surface area is 92.0 Å². The van der Waals surface area contributed by atoms with Gasteiger partial charge in [0.25, 0.3) is 0 Å². The van der Waals surface area contributed by atoms with Crippen molar-refractivity contribution >= 4 is 12.4 Å². The Bertz CT molecular complexity index is 279. The van der Waals surface area contributed by atoms with Gasteiger partial charge in [0.2, 0.25) is 0 Å². The van der Waals surface area contributed by atoms with Crippen LogP contribution in [-0.2, 0) is 14.2 Å². The van der Waals surface area contributed by atoms with Crippen LogP contribution in [0.5, 0.6) is 0 Å². The van der Waals surface area contributed by atoms with E-state index in [1.54, 1.807) is 14.2 Å². The van der Waals surface area contributed by atoms with Crippen LogP contribution in [0.4, 0.5) is 0 Å². The molecule has 0 aromatic rings. The summed E-state index contributed by atoms with van der Waals surface area (Å²) in [5.74, 6) is 0.582. The molecule has 4 heteroatoms. The molecule has 15 heavy (non-hydrogen) atoms. The molecular weight excluding hydrogens is 191 g/mol. The van der Waals surface area contributed by atoms with Gasteiger partial charge in [-0.15, -0.1) is 0 Å². The number of methoxy groups -OCH3 is 2. The van der Waals surface area contributed by atoms with Crippen LogP contribution in [0, 0.1) is 5.92 Å². The van der Waals surface area contributed by atoms with E-state index in [2.05, 4.69) is 20.8 Å². The van der Waals surface area contributed by atoms with Gasteiger partial charge in [-0.1, -0.05) is 0 Å². The molecule has 1 unspecified atom stereocenters. The van der Waals surface area contributed by atoms with Crippen molar-refractivity contribution in [3.63, 3.8) is 0 Å². The summed E-state index contributed by atoms with van der Waals surface area (Å²) in [6, 6.07) is 0.265. The first-order valence-corrected chi connectivity index (χ1v) is 5.53. The summed E-state index contributed by atoms with van der Waals surface area (Å²) in [5.41, 5.74) is 1.22. The van der Waals surface area contributed by atoms with Gasteiger partial charge in [-0.05, 0) is 0 Å². The van der Waals surface area contributed by atoms with Gasteiger partial charge < -0.3 is 0 Å². The Balaban J connectivity index is 2.13. The summed E-state index contributed by atoms with van der Waals surface area (Å²) in [4.78, 5) is 0. The molecule has 3 aliphatic rings. The molecule has 3 heterocycles. The Kier molecular flexibility index (Phi) is 3.01. The summed E-state index contributed by atoms with van der Waals surface area (Å²) in [5, 5.41) is 0. The second-order valence-electron chi connectivity index (χ2n) is 4.67. The first-order valence-electron chi connectivity index (χ1n) is 5.53. The molecule has 1 fully saturated rings. The second kappa shape index (κ2) is 4.00. The topological polar surface area (TPSA) is 27.7 Å². The molecule has 3 aliphatic heterocycles. The van der Waals surface area contributed by atoms with E-state index in [1.165, 1.54) is 5.46 Å². The summed E-state index contributed by atoms with van der Waals surface area (Å²) >= 11 is 0. The molecule has 0 saturated carbocycles. The van der Waals surface area contributed by atoms with E-state index in [1.807, 2.05) is 0 Å². The van der Waals surface area contributed by atoms with Gasteiger partial charge in [-0.3, -0.25) is 0 Å². The molecule has 3 rings (SSSR count). The van der Waals surface area contributed by atoms with Crippen molar-refractivity contribution in [2.24, 2.45) is 5.92 Å². The number of fused-ring (bicyclic) bond motifs is 2. The molecule has 0 aromatic heterocycles. The predicted molar refractivity (Wildman–Crippen MR) is 60.5 cm³/mol. The van der Waals surface area contributed by atoms with E-state index < -0.39 is 0 Å². The molecule has 0 radical (unpaired) electrons. The van der Waals surface area contributed by atoms with Crippen LogP contribution in [-0.4, -0.2) is 50.9 Å². The maximum absolute atomic E-state index is 6.12. The van der Waals surface area contributed by atoms with Crippen molar-refractivity contribution in [3.8, 4) is 0 Å². The molecule has 84 valence electrons. The average molecular weight is 210 g/mol. The molecule has 0 spiro atoms. The minimum absolute atomic E-state index is 0.0659. The first-order chi connectivity index (χ1) is 7.13. The SMILES string of the molecule is COC[C@]1([C@H](C)OC)CC2=BC(O1)[C@H]2C. The van der Waals surface area contributed by atoms with Gasteiger partial charge in [0.1, 0.15) is 0 Å². The second-order valence-corrected chi connectivity index (χ2v) is 4.67. The minimum atomic E-state index is -0.273. The zero-order valence-corrected chi connectivity index (χ0v) is 9.95. The van der Waals surface area contributed by atoms with Gasteiger partial charge >= 0.3 is 91.3 Å². The third kappa shape index (κ3) is 1.69. The van der Waals surface area contributed by atoms with Gasteiger partial charge in [-0.25, -0.2) is 0 Å². The zero-order valence-electron chi connectivity index (χ0n) is 9.95. The van der Waals surface area contributed by atoms with Crippen LogP contribution in [0.15, 0.2) is 0 Å². The van der Waals surface area contributed by atoms with Crippen LogP contribution in [0.3, 0.4) is 0 Å². The molecular formula is C11H19BO3. The van der Waals surface area contributed by atoms with Crippen LogP contribution in [0.1, 0.15) is 20.3 Å². The molecule has 0 aliphatic carbocycles. The van der Waals surface area contributed by atoms with Crippen molar-refractivity contribution in [1.82, 2.24) is 0 Å². The number of hydrogen-bond acceptors (Lipinski definition) is 3. The fraction of sp³-hybridized carbons (Fsp3) is 0.909. The van der Waals surface area contributed by atoms with Crippen LogP contribution < -0.4 is 0 Å². The normalized spacial score (nSPS) is 40.1. The Morgan fingerprint density at radius 3 is 2.73 bits per heavy atom. The van der Waals surface area contributed by atoms with Crippen molar-refractivity contribution in [1.29, 1.82) is 0 Å². The van der Waals surface area contributed by atoms with E-state index in [-0.39, 0.29) is 17.7 Å². The van der Waals surface area contributed by atoms with Gasteiger partial charge in [0, 0.05) is 0 Å². The Morgan fingerprint density at radius 1 is 1.60 bits per heavy atom. The third-order valence-electron chi connectivity index (χ3n) is 3.81. The molecule has 3 nitrogen and oxygen atoms in total. The van der Waals surface area contributed by atoms with E-state index in [0.717, 1.165) is 6.42 Å². The summed E-state index contributed by atoms with van der Waals surface area (Å²) in [6.07, 6.45) is 1.00. The standard InChI is InChI=1S/C11H19BO3/c1-7-9-5-11(6-13-3,8(2)14-4)15-10(7)12-9/h7-8,10H,5-6H2,1-4H3/t7-,8-,10?,11-/m0/s1. The molecule has 4 atom stereocenters. The Hall–Kier alpha value is -0.185. The van der Waals surface area contributed by atoms with E-state index in [0.29, 0.717) is 12.5 Å². The Morgan fingerprint density at radius 2 is 2.33 bits per heavy atom. The zero-order chi connectivity index (χ0) is 11.1. The fourth-order valence-corrected chi connectivity index (χ4v) is 2.51. The monoisotopic (exact) mass is 210 g/mol. The van der Waals surface area contributed by atoms with E-state index in [4.69, 9.17) is 14.2 Å². The molecule has 1 saturated heterocycles. The number of hydrogen-bond donors (Lipinski definition) is 0. The van der Waals surface area contributed by atoms with Crippen LogP contribution in [0.25, 0.3) is 0 Å². The number of ether oxygens (including phenoxy) is 3. The average Bonchev–Trinajstić information content (AvgIpc) is 2.27. The van der Waals surface area contributed by atoms with Crippen LogP contribution >= 0.6 is 0 Å². The van der Waals surface area contributed by atoms with Gasteiger partial charge in [-0.2, -0.15) is 0 Å². The number of rotatable bonds is 4. The predicted octanol–water partition coefficient (Wildman–Crippen LogP) is 0.679. The molecule has 0 N–H and O–H groups in total. The quantitative estimate of drug-likeness (QED) is 0.638. The fourth-order valence-electron chi connectivity index (χ4n) is 2.51. The van der Waals surface area contributed by atoms with Crippen molar-refractivity contribution in [3.05, 3.63) is 0 Å². The van der Waals surface area contributed by atoms with Gasteiger partial charge in [0.05, 0.1) is 0 Å². The van der Waals surface area contributed by atoms with E-state index >= 15 is 0 Å². The van der Waals surface area contributed by atoms with Crippen LogP contribution in [0.2, 0.25) is 0 Å². The summed E-state index contributed by atoms with van der Waals surface area (Å²) < 4.78 is 16.8. The van der Waals surface area contributed by atoms with Crippen molar-refractivity contribution in [2.45, 2.75) is 38.0 Å². The van der Waals surface area contributed by atoms with Crippen molar-refractivity contribution < 1.29 is 14.2 Å². The van der Waals surface area contributed by atoms with Crippen molar-refractivity contribution in [2.75, 3.05) is 20.8 Å².